The maximum absolute atomic E-state index is 13.2. The highest BCUT2D eigenvalue weighted by molar-refractivity contribution is 5.94. The first kappa shape index (κ1) is 19.9. The highest BCUT2D eigenvalue weighted by Gasteiger charge is 2.31. The summed E-state index contributed by atoms with van der Waals surface area (Å²) in [5.74, 6) is 0.0820. The fourth-order valence-corrected chi connectivity index (χ4v) is 4.38. The van der Waals surface area contributed by atoms with Crippen LogP contribution >= 0.6 is 12.4 Å². The lowest BCUT2D eigenvalue weighted by Crippen LogP contribution is -2.44. The number of halogens is 1. The first-order valence-electron chi connectivity index (χ1n) is 9.72. The molecule has 0 radical (unpaired) electrons. The van der Waals surface area contributed by atoms with Gasteiger partial charge in [0.15, 0.2) is 5.69 Å². The van der Waals surface area contributed by atoms with Crippen LogP contribution in [-0.2, 0) is 12.8 Å². The van der Waals surface area contributed by atoms with E-state index in [9.17, 15) is 4.79 Å². The highest BCUT2D eigenvalue weighted by Crippen LogP contribution is 2.30. The van der Waals surface area contributed by atoms with Crippen molar-refractivity contribution in [1.29, 1.82) is 0 Å². The normalized spacial score (nSPS) is 16.7. The molecule has 1 N–H and O–H groups in total. The molecule has 0 atom stereocenters. The van der Waals surface area contributed by atoms with Crippen LogP contribution in [0.15, 0.2) is 18.2 Å². The van der Waals surface area contributed by atoms with Crippen LogP contribution < -0.4 is 5.32 Å². The zero-order valence-corrected chi connectivity index (χ0v) is 17.2. The van der Waals surface area contributed by atoms with Crippen LogP contribution in [0.1, 0.15) is 52.1 Å². The number of nitrogens with zero attached hydrogens (tertiary/aromatic N) is 3. The van der Waals surface area contributed by atoms with Gasteiger partial charge in [-0.05, 0) is 70.7 Å². The van der Waals surface area contributed by atoms with E-state index in [0.717, 1.165) is 56.4 Å². The van der Waals surface area contributed by atoms with Crippen LogP contribution in [0, 0.1) is 13.8 Å². The van der Waals surface area contributed by atoms with Crippen molar-refractivity contribution in [2.75, 3.05) is 20.1 Å². The summed E-state index contributed by atoms with van der Waals surface area (Å²) in [6, 6.07) is 6.74. The molecule has 0 unspecified atom stereocenters. The summed E-state index contributed by atoms with van der Waals surface area (Å²) in [5, 5.41) is 8.19. The molecule has 1 aromatic carbocycles. The summed E-state index contributed by atoms with van der Waals surface area (Å²) in [6.45, 7) is 6.19. The van der Waals surface area contributed by atoms with Crippen molar-refractivity contribution in [3.05, 3.63) is 46.3 Å². The lowest BCUT2D eigenvalue weighted by atomic mass is 10.0. The van der Waals surface area contributed by atoms with Crippen LogP contribution in [-0.4, -0.2) is 46.8 Å². The van der Waals surface area contributed by atoms with Crippen molar-refractivity contribution in [1.82, 2.24) is 20.0 Å². The Labute approximate surface area is 167 Å². The van der Waals surface area contributed by atoms with E-state index < -0.39 is 0 Å². The molecule has 6 heteroatoms. The second-order valence-electron chi connectivity index (χ2n) is 7.73. The molecule has 1 amide bonds. The fraction of sp³-hybridized carbons (Fsp3) is 0.524. The number of rotatable bonds is 3. The topological polar surface area (TPSA) is 50.2 Å². The molecule has 146 valence electrons. The number of carbonyl (C=O) groups is 1. The van der Waals surface area contributed by atoms with E-state index in [1.807, 2.05) is 16.6 Å². The molecule has 2 aromatic rings. The van der Waals surface area contributed by atoms with Crippen molar-refractivity contribution < 1.29 is 4.79 Å². The number of aromatic nitrogens is 2. The summed E-state index contributed by atoms with van der Waals surface area (Å²) < 4.78 is 2.03. The number of benzene rings is 1. The Morgan fingerprint density at radius 1 is 1.22 bits per heavy atom. The van der Waals surface area contributed by atoms with Gasteiger partial charge in [0.25, 0.3) is 5.91 Å². The number of piperidine rings is 1. The van der Waals surface area contributed by atoms with E-state index in [1.165, 1.54) is 16.8 Å². The molecule has 1 saturated heterocycles. The molecule has 27 heavy (non-hydrogen) atoms. The third-order valence-electron chi connectivity index (χ3n) is 5.89. The highest BCUT2D eigenvalue weighted by atomic mass is 35.5. The van der Waals surface area contributed by atoms with Gasteiger partial charge in [0.1, 0.15) is 0 Å². The first-order valence-corrected chi connectivity index (χ1v) is 9.72. The zero-order chi connectivity index (χ0) is 18.3. The van der Waals surface area contributed by atoms with E-state index in [0.29, 0.717) is 11.7 Å². The molecular weight excluding hydrogens is 360 g/mol. The molecule has 0 saturated carbocycles. The molecule has 5 nitrogen and oxygen atoms in total. The third-order valence-corrected chi connectivity index (χ3v) is 5.89. The number of hydrogen-bond acceptors (Lipinski definition) is 3. The first-order chi connectivity index (χ1) is 12.6. The summed E-state index contributed by atoms with van der Waals surface area (Å²) >= 11 is 0. The molecular formula is C21H29ClN4O. The minimum atomic E-state index is 0. The van der Waals surface area contributed by atoms with Crippen molar-refractivity contribution in [3.8, 4) is 5.69 Å². The molecule has 1 fully saturated rings. The average Bonchev–Trinajstić information content (AvgIpc) is 3.24. The van der Waals surface area contributed by atoms with E-state index in [-0.39, 0.29) is 18.3 Å². The molecule has 2 heterocycles. The lowest BCUT2D eigenvalue weighted by Gasteiger charge is -2.31. The monoisotopic (exact) mass is 388 g/mol. The Kier molecular flexibility index (Phi) is 5.92. The number of aryl methyl sites for hydroxylation is 2. The summed E-state index contributed by atoms with van der Waals surface area (Å²) in [7, 11) is 1.94. The predicted molar refractivity (Wildman–Crippen MR) is 110 cm³/mol. The Morgan fingerprint density at radius 3 is 2.67 bits per heavy atom. The van der Waals surface area contributed by atoms with Crippen LogP contribution in [0.5, 0.6) is 0 Å². The van der Waals surface area contributed by atoms with Gasteiger partial charge in [0.05, 0.1) is 5.69 Å². The maximum Gasteiger partial charge on any atom is 0.274 e. The van der Waals surface area contributed by atoms with Crippen LogP contribution in [0.3, 0.4) is 0 Å². The molecule has 2 aliphatic rings. The fourth-order valence-electron chi connectivity index (χ4n) is 4.38. The Morgan fingerprint density at radius 2 is 1.96 bits per heavy atom. The van der Waals surface area contributed by atoms with E-state index in [1.54, 1.807) is 0 Å². The van der Waals surface area contributed by atoms with Crippen molar-refractivity contribution >= 4 is 18.3 Å². The average molecular weight is 389 g/mol. The van der Waals surface area contributed by atoms with Crippen molar-refractivity contribution in [2.24, 2.45) is 0 Å². The van der Waals surface area contributed by atoms with Gasteiger partial charge in [-0.3, -0.25) is 4.79 Å². The van der Waals surface area contributed by atoms with Gasteiger partial charge in [-0.1, -0.05) is 17.7 Å². The Hall–Kier alpha value is -1.85. The number of fused-ring (bicyclic) bond motifs is 1. The quantitative estimate of drug-likeness (QED) is 0.878. The van der Waals surface area contributed by atoms with Gasteiger partial charge in [0.2, 0.25) is 0 Å². The zero-order valence-electron chi connectivity index (χ0n) is 16.4. The predicted octanol–water partition coefficient (Wildman–Crippen LogP) is 3.22. The molecule has 0 bridgehead atoms. The third kappa shape index (κ3) is 3.63. The lowest BCUT2D eigenvalue weighted by molar-refractivity contribution is 0.0695. The van der Waals surface area contributed by atoms with Gasteiger partial charge >= 0.3 is 0 Å². The second-order valence-corrected chi connectivity index (χ2v) is 7.73. The van der Waals surface area contributed by atoms with Crippen LogP contribution in [0.4, 0.5) is 0 Å². The molecule has 1 aliphatic heterocycles. The summed E-state index contributed by atoms with van der Waals surface area (Å²) in [6.07, 6.45) is 5.10. The molecule has 4 rings (SSSR count). The van der Waals surface area contributed by atoms with Crippen LogP contribution in [0.2, 0.25) is 0 Å². The van der Waals surface area contributed by atoms with Gasteiger partial charge in [-0.15, -0.1) is 12.4 Å². The van der Waals surface area contributed by atoms with Gasteiger partial charge in [-0.2, -0.15) is 5.10 Å². The van der Waals surface area contributed by atoms with Gasteiger partial charge in [0, 0.05) is 24.3 Å². The van der Waals surface area contributed by atoms with Gasteiger partial charge < -0.3 is 10.2 Å². The minimum Gasteiger partial charge on any atom is -0.337 e. The summed E-state index contributed by atoms with van der Waals surface area (Å²) in [5.41, 5.74) is 6.59. The maximum atomic E-state index is 13.2. The van der Waals surface area contributed by atoms with Gasteiger partial charge in [-0.25, -0.2) is 4.68 Å². The molecule has 0 spiro atoms. The van der Waals surface area contributed by atoms with Crippen LogP contribution in [0.25, 0.3) is 5.69 Å². The van der Waals surface area contributed by atoms with E-state index >= 15 is 0 Å². The second kappa shape index (κ2) is 8.03. The standard InChI is InChI=1S/C21H28N4O.ClH/c1-14-7-8-18(15(2)13-14)25-19-6-4-5-17(19)20(23-25)21(26)24(3)16-9-11-22-12-10-16;/h7-8,13,16,22H,4-6,9-12H2,1-3H3;1H. The SMILES string of the molecule is Cc1ccc(-n2nc(C(=O)N(C)C3CCNCC3)c3c2CCC3)c(C)c1.Cl. The summed E-state index contributed by atoms with van der Waals surface area (Å²) in [4.78, 5) is 15.1. The number of amides is 1. The number of hydrogen-bond donors (Lipinski definition) is 1. The molecule has 1 aliphatic carbocycles. The van der Waals surface area contributed by atoms with E-state index in [2.05, 4.69) is 37.4 Å². The Bertz CT molecular complexity index is 839. The minimum absolute atomic E-state index is 0. The largest absolute Gasteiger partial charge is 0.337 e. The van der Waals surface area contributed by atoms with Crippen molar-refractivity contribution in [3.63, 3.8) is 0 Å². The van der Waals surface area contributed by atoms with E-state index in [4.69, 9.17) is 5.10 Å². The number of carbonyl (C=O) groups excluding carboxylic acids is 1. The van der Waals surface area contributed by atoms with Crippen molar-refractivity contribution in [2.45, 2.75) is 52.0 Å². The smallest absolute Gasteiger partial charge is 0.274 e. The number of nitrogens with one attached hydrogen (secondary N) is 1. The Balaban J connectivity index is 0.00000210. The molecule has 1 aromatic heterocycles.